The summed E-state index contributed by atoms with van der Waals surface area (Å²) in [4.78, 5) is 0. The Labute approximate surface area is 116 Å². The van der Waals surface area contributed by atoms with E-state index in [-0.39, 0.29) is 18.9 Å². The third kappa shape index (κ3) is 2.41. The zero-order valence-electron chi connectivity index (χ0n) is 11.2. The van der Waals surface area contributed by atoms with Crippen molar-refractivity contribution >= 4 is 16.6 Å². The molecule has 1 aromatic carbocycles. The highest BCUT2D eigenvalue weighted by molar-refractivity contribution is 5.93. The molecule has 0 fully saturated rings. The molecule has 2 rings (SSSR count). The van der Waals surface area contributed by atoms with Crippen molar-refractivity contribution in [2.45, 2.75) is 18.9 Å². The lowest BCUT2D eigenvalue weighted by atomic mass is 9.97. The van der Waals surface area contributed by atoms with Crippen LogP contribution in [0.3, 0.4) is 0 Å². The minimum Gasteiger partial charge on any atom is -0.394 e. The highest BCUT2D eigenvalue weighted by atomic mass is 16.3. The Kier molecular flexibility index (Phi) is 4.13. The number of fused-ring (bicyclic) bond motifs is 1. The van der Waals surface area contributed by atoms with E-state index in [4.69, 9.17) is 0 Å². The predicted molar refractivity (Wildman–Crippen MR) is 75.1 cm³/mol. The SMILES string of the molecule is CCC(CO)(CO)Nc1c(C#N)nnc2ccccc12. The van der Waals surface area contributed by atoms with Gasteiger partial charge in [0.2, 0.25) is 0 Å². The molecule has 6 heteroatoms. The van der Waals surface area contributed by atoms with E-state index in [0.29, 0.717) is 17.6 Å². The molecule has 0 unspecified atom stereocenters. The van der Waals surface area contributed by atoms with Gasteiger partial charge in [0.05, 0.1) is 30.0 Å². The maximum atomic E-state index is 9.53. The van der Waals surface area contributed by atoms with Crippen LogP contribution in [0.1, 0.15) is 19.0 Å². The second kappa shape index (κ2) is 5.82. The van der Waals surface area contributed by atoms with Crippen LogP contribution in [0, 0.1) is 11.3 Å². The summed E-state index contributed by atoms with van der Waals surface area (Å²) in [5.74, 6) is 0. The van der Waals surface area contributed by atoms with Crippen molar-refractivity contribution in [1.82, 2.24) is 10.2 Å². The summed E-state index contributed by atoms with van der Waals surface area (Å²) in [6.07, 6.45) is 0.502. The number of nitrogens with one attached hydrogen (secondary N) is 1. The second-order valence-electron chi connectivity index (χ2n) is 4.63. The molecule has 0 saturated heterocycles. The highest BCUT2D eigenvalue weighted by Gasteiger charge is 2.28. The Morgan fingerprint density at radius 3 is 2.55 bits per heavy atom. The number of rotatable bonds is 5. The lowest BCUT2D eigenvalue weighted by Crippen LogP contribution is -2.45. The van der Waals surface area contributed by atoms with E-state index in [2.05, 4.69) is 15.5 Å². The minimum atomic E-state index is -0.891. The average molecular weight is 272 g/mol. The van der Waals surface area contributed by atoms with E-state index < -0.39 is 5.54 Å². The molecule has 20 heavy (non-hydrogen) atoms. The first kappa shape index (κ1) is 14.2. The average Bonchev–Trinajstić information content (AvgIpc) is 2.52. The van der Waals surface area contributed by atoms with Gasteiger partial charge in [-0.1, -0.05) is 25.1 Å². The van der Waals surface area contributed by atoms with Crippen molar-refractivity contribution in [3.63, 3.8) is 0 Å². The van der Waals surface area contributed by atoms with Gasteiger partial charge >= 0.3 is 0 Å². The Morgan fingerprint density at radius 1 is 1.25 bits per heavy atom. The van der Waals surface area contributed by atoms with Crippen LogP contribution in [0.5, 0.6) is 0 Å². The van der Waals surface area contributed by atoms with E-state index in [1.807, 2.05) is 31.2 Å². The fourth-order valence-electron chi connectivity index (χ4n) is 1.96. The van der Waals surface area contributed by atoms with Gasteiger partial charge < -0.3 is 15.5 Å². The molecule has 0 amide bonds. The molecule has 0 atom stereocenters. The van der Waals surface area contributed by atoms with Crippen LogP contribution in [0.25, 0.3) is 10.9 Å². The molecule has 3 N–H and O–H groups in total. The highest BCUT2D eigenvalue weighted by Crippen LogP contribution is 2.27. The molecule has 104 valence electrons. The second-order valence-corrected chi connectivity index (χ2v) is 4.63. The van der Waals surface area contributed by atoms with Gasteiger partial charge in [0.25, 0.3) is 0 Å². The van der Waals surface area contributed by atoms with E-state index in [1.165, 1.54) is 0 Å². The predicted octanol–water partition coefficient (Wildman–Crippen LogP) is 1.05. The zero-order valence-corrected chi connectivity index (χ0v) is 11.2. The van der Waals surface area contributed by atoms with E-state index >= 15 is 0 Å². The molecule has 6 nitrogen and oxygen atoms in total. The van der Waals surface area contributed by atoms with E-state index in [0.717, 1.165) is 5.39 Å². The van der Waals surface area contributed by atoms with Crippen molar-refractivity contribution < 1.29 is 10.2 Å². The van der Waals surface area contributed by atoms with Crippen molar-refractivity contribution in [1.29, 1.82) is 5.26 Å². The fraction of sp³-hybridized carbons (Fsp3) is 0.357. The first-order valence-corrected chi connectivity index (χ1v) is 6.35. The Balaban J connectivity index is 2.60. The van der Waals surface area contributed by atoms with Gasteiger partial charge in [0, 0.05) is 5.39 Å². The number of aliphatic hydroxyl groups is 2. The summed E-state index contributed by atoms with van der Waals surface area (Å²) in [7, 11) is 0. The fourth-order valence-corrected chi connectivity index (χ4v) is 1.96. The minimum absolute atomic E-state index is 0.142. The lowest BCUT2D eigenvalue weighted by molar-refractivity contribution is 0.132. The topological polar surface area (TPSA) is 102 Å². The largest absolute Gasteiger partial charge is 0.394 e. The Hall–Kier alpha value is -2.23. The van der Waals surface area contributed by atoms with E-state index in [1.54, 1.807) is 6.07 Å². The number of aliphatic hydroxyl groups excluding tert-OH is 2. The summed E-state index contributed by atoms with van der Waals surface area (Å²) in [6.45, 7) is 1.35. The maximum absolute atomic E-state index is 9.53. The van der Waals surface area contributed by atoms with Crippen molar-refractivity contribution in [2.24, 2.45) is 0 Å². The van der Waals surface area contributed by atoms with Gasteiger partial charge in [-0.15, -0.1) is 10.2 Å². The van der Waals surface area contributed by atoms with Crippen LogP contribution in [-0.4, -0.2) is 39.2 Å². The van der Waals surface area contributed by atoms with Crippen LogP contribution in [-0.2, 0) is 0 Å². The van der Waals surface area contributed by atoms with Crippen LogP contribution in [0.15, 0.2) is 24.3 Å². The van der Waals surface area contributed by atoms with Crippen LogP contribution >= 0.6 is 0 Å². The number of hydrogen-bond acceptors (Lipinski definition) is 6. The standard InChI is InChI=1S/C14H16N4O2/c1-2-14(8-19,9-20)16-13-10-5-3-4-6-11(10)17-18-12(13)7-15/h3-6,19-20H,2,8-9H2,1H3,(H,16,17). The molecule has 0 radical (unpaired) electrons. The van der Waals surface area contributed by atoms with Crippen molar-refractivity contribution in [3.05, 3.63) is 30.0 Å². The quantitative estimate of drug-likeness (QED) is 0.751. The normalized spacial score (nSPS) is 11.3. The molecule has 0 aliphatic heterocycles. The van der Waals surface area contributed by atoms with Crippen LogP contribution in [0.4, 0.5) is 5.69 Å². The summed E-state index contributed by atoms with van der Waals surface area (Å²) in [6, 6.07) is 9.26. The van der Waals surface area contributed by atoms with Crippen molar-refractivity contribution in [2.75, 3.05) is 18.5 Å². The molecule has 1 aromatic heterocycles. The van der Waals surface area contributed by atoms with Gasteiger partial charge in [0.15, 0.2) is 5.69 Å². The van der Waals surface area contributed by atoms with Gasteiger partial charge in [-0.3, -0.25) is 0 Å². The first-order valence-electron chi connectivity index (χ1n) is 6.35. The molecular formula is C14H16N4O2. The third-order valence-electron chi connectivity index (χ3n) is 3.45. The van der Waals surface area contributed by atoms with Crippen LogP contribution < -0.4 is 5.32 Å². The number of anilines is 1. The zero-order chi connectivity index (χ0) is 14.6. The number of nitrogens with zero attached hydrogens (tertiary/aromatic N) is 3. The Morgan fingerprint density at radius 2 is 1.95 bits per heavy atom. The van der Waals surface area contributed by atoms with Gasteiger partial charge in [-0.25, -0.2) is 0 Å². The summed E-state index contributed by atoms with van der Waals surface area (Å²) >= 11 is 0. The van der Waals surface area contributed by atoms with E-state index in [9.17, 15) is 15.5 Å². The molecular weight excluding hydrogens is 256 g/mol. The molecule has 0 spiro atoms. The number of aromatic nitrogens is 2. The molecule has 2 aromatic rings. The molecule has 0 saturated carbocycles. The Bertz CT molecular complexity index is 639. The van der Waals surface area contributed by atoms with Crippen LogP contribution in [0.2, 0.25) is 0 Å². The number of benzene rings is 1. The summed E-state index contributed by atoms with van der Waals surface area (Å²) < 4.78 is 0. The third-order valence-corrected chi connectivity index (χ3v) is 3.45. The van der Waals surface area contributed by atoms with Crippen molar-refractivity contribution in [3.8, 4) is 6.07 Å². The van der Waals surface area contributed by atoms with Gasteiger partial charge in [-0.05, 0) is 12.5 Å². The smallest absolute Gasteiger partial charge is 0.186 e. The summed E-state index contributed by atoms with van der Waals surface area (Å²) in [5, 5.41) is 39.9. The first-order chi connectivity index (χ1) is 9.69. The molecule has 0 aliphatic rings. The van der Waals surface area contributed by atoms with Gasteiger partial charge in [0.1, 0.15) is 6.07 Å². The molecule has 1 heterocycles. The summed E-state index contributed by atoms with van der Waals surface area (Å²) in [5.41, 5.74) is 0.388. The monoisotopic (exact) mass is 272 g/mol. The molecule has 0 bridgehead atoms. The maximum Gasteiger partial charge on any atom is 0.186 e. The number of nitriles is 1. The van der Waals surface area contributed by atoms with Gasteiger partial charge in [-0.2, -0.15) is 5.26 Å². The number of hydrogen-bond donors (Lipinski definition) is 3. The lowest BCUT2D eigenvalue weighted by Gasteiger charge is -2.31. The molecule has 0 aliphatic carbocycles.